The lowest BCUT2D eigenvalue weighted by atomic mass is 9.76. The third-order valence-corrected chi connectivity index (χ3v) is 12.0. The van der Waals surface area contributed by atoms with Gasteiger partial charge in [-0.3, -0.25) is 9.59 Å². The van der Waals surface area contributed by atoms with E-state index in [2.05, 4.69) is 13.2 Å². The van der Waals surface area contributed by atoms with Crippen LogP contribution in [0.4, 0.5) is 0 Å². The molecule has 6 fully saturated rings. The van der Waals surface area contributed by atoms with Gasteiger partial charge in [-0.05, 0) is 129 Å². The molecule has 42 heavy (non-hydrogen) atoms. The molecule has 0 saturated heterocycles. The molecule has 230 valence electrons. The Morgan fingerprint density at radius 1 is 0.619 bits per heavy atom. The van der Waals surface area contributed by atoms with Crippen LogP contribution in [0.3, 0.4) is 0 Å². The normalized spacial score (nSPS) is 40.3. The summed E-state index contributed by atoms with van der Waals surface area (Å²) in [6.07, 6.45) is 9.80. The highest BCUT2D eigenvalue weighted by Gasteiger charge is 2.57. The van der Waals surface area contributed by atoms with E-state index in [9.17, 15) is 19.2 Å². The summed E-state index contributed by atoms with van der Waals surface area (Å²) in [5.41, 5.74) is 0.440. The molecule has 12 atom stereocenters. The Kier molecular flexibility index (Phi) is 8.52. The van der Waals surface area contributed by atoms with Gasteiger partial charge in [-0.25, -0.2) is 9.59 Å². The monoisotopic (exact) mass is 582 g/mol. The first kappa shape index (κ1) is 29.4. The Hall–Kier alpha value is -2.64. The second kappa shape index (κ2) is 12.2. The molecule has 0 N–H and O–H groups in total. The fraction of sp³-hybridized carbons (Fsp3) is 0.765. The van der Waals surface area contributed by atoms with Crippen LogP contribution in [-0.4, -0.2) is 50.3 Å². The van der Waals surface area contributed by atoms with Gasteiger partial charge < -0.3 is 18.9 Å². The van der Waals surface area contributed by atoms with Gasteiger partial charge in [-0.2, -0.15) is 0 Å². The molecule has 4 bridgehead atoms. The van der Waals surface area contributed by atoms with Gasteiger partial charge in [-0.1, -0.05) is 13.2 Å². The molecule has 6 saturated carbocycles. The predicted octanol–water partition coefficient (Wildman–Crippen LogP) is 4.91. The zero-order valence-corrected chi connectivity index (χ0v) is 24.9. The van der Waals surface area contributed by atoms with Crippen LogP contribution in [0.1, 0.15) is 64.7 Å². The first-order chi connectivity index (χ1) is 20.2. The van der Waals surface area contributed by atoms with Crippen LogP contribution >= 0.6 is 0 Å². The fourth-order valence-corrected chi connectivity index (χ4v) is 10.5. The second-order valence-electron chi connectivity index (χ2n) is 14.4. The summed E-state index contributed by atoms with van der Waals surface area (Å²) in [6, 6.07) is 0. The molecule has 0 aliphatic heterocycles. The van der Waals surface area contributed by atoms with E-state index >= 15 is 0 Å². The van der Waals surface area contributed by atoms with Crippen molar-refractivity contribution >= 4 is 23.9 Å². The quantitative estimate of drug-likeness (QED) is 0.138. The number of carbonyl (C=O) groups excluding carboxylic acids is 4. The number of fused-ring (bicyclic) bond motifs is 10. The van der Waals surface area contributed by atoms with Crippen LogP contribution in [-0.2, 0) is 38.1 Å². The third-order valence-electron chi connectivity index (χ3n) is 12.0. The Bertz CT molecular complexity index is 1110. The minimum absolute atomic E-state index is 0.305. The Morgan fingerprint density at radius 2 is 1.10 bits per heavy atom. The van der Waals surface area contributed by atoms with E-state index in [1.165, 1.54) is 18.9 Å². The van der Waals surface area contributed by atoms with E-state index in [0.29, 0.717) is 103 Å². The first-order valence-electron chi connectivity index (χ1n) is 16.1. The first-order valence-corrected chi connectivity index (χ1v) is 16.1. The van der Waals surface area contributed by atoms with Crippen LogP contribution in [0.25, 0.3) is 0 Å². The highest BCUT2D eigenvalue weighted by molar-refractivity contribution is 5.91. The van der Waals surface area contributed by atoms with Crippen molar-refractivity contribution in [3.63, 3.8) is 0 Å². The number of esters is 4. The molecule has 6 rings (SSSR count). The van der Waals surface area contributed by atoms with Crippen LogP contribution in [0, 0.1) is 71.0 Å². The zero-order chi connectivity index (χ0) is 29.5. The number of rotatable bonds is 12. The van der Waals surface area contributed by atoms with Gasteiger partial charge >= 0.3 is 23.9 Å². The lowest BCUT2D eigenvalue weighted by molar-refractivity contribution is -0.156. The SMILES string of the molecule is C=CC(=O)OCC1CC2C3C[C@@H](CC3COC(=O)CC(=O)OCC3CC4C5C[C@@H](CC5COC(=O)C(=C)C)[C@H]4C3)[C@H]2C1. The topological polar surface area (TPSA) is 105 Å². The minimum Gasteiger partial charge on any atom is -0.465 e. The maximum atomic E-state index is 12.5. The van der Waals surface area contributed by atoms with Gasteiger partial charge in [0.15, 0.2) is 0 Å². The number of ether oxygens (including phenoxy) is 4. The number of hydrogen-bond acceptors (Lipinski definition) is 8. The number of carbonyl (C=O) groups is 4. The summed E-state index contributed by atoms with van der Waals surface area (Å²) in [4.78, 5) is 48.2. The summed E-state index contributed by atoms with van der Waals surface area (Å²) in [6.45, 7) is 10.5. The van der Waals surface area contributed by atoms with Gasteiger partial charge in [0.05, 0.1) is 26.4 Å². The Balaban J connectivity index is 0.877. The van der Waals surface area contributed by atoms with Crippen LogP contribution in [0.5, 0.6) is 0 Å². The Labute approximate surface area is 248 Å². The van der Waals surface area contributed by atoms with Gasteiger partial charge in [-0.15, -0.1) is 0 Å². The smallest absolute Gasteiger partial charge is 0.333 e. The van der Waals surface area contributed by atoms with Crippen LogP contribution in [0.15, 0.2) is 24.8 Å². The summed E-state index contributed by atoms with van der Waals surface area (Å²) in [5.74, 6) is 4.95. The molecule has 0 amide bonds. The van der Waals surface area contributed by atoms with Crippen molar-refractivity contribution in [2.45, 2.75) is 64.7 Å². The molecule has 0 spiro atoms. The van der Waals surface area contributed by atoms with Crippen molar-refractivity contribution in [2.24, 2.45) is 71.0 Å². The van der Waals surface area contributed by atoms with Gasteiger partial charge in [0.25, 0.3) is 0 Å². The standard InChI is InChI=1S/C34H46O8/c1-4-31(35)39-14-19-5-25-21-9-23(27(11-21)29(25)7-19)16-41-33(37)13-32(36)40-15-20-6-26-22-10-24(17-42-34(38)18(2)3)28(12-22)30(26)8-20/h4,19-30H,1-2,5-17H2,3H3/t19?,20?,21-,22-,23?,24?,25-,26-,27?,28?,29?,30?/m1/s1. The summed E-state index contributed by atoms with van der Waals surface area (Å²) < 4.78 is 21.9. The average Bonchev–Trinajstić information content (AvgIpc) is 3.79. The summed E-state index contributed by atoms with van der Waals surface area (Å²) in [7, 11) is 0. The van der Waals surface area contributed by atoms with Crippen molar-refractivity contribution in [1.29, 1.82) is 0 Å². The van der Waals surface area contributed by atoms with Gasteiger partial charge in [0.1, 0.15) is 6.42 Å². The lowest BCUT2D eigenvalue weighted by Gasteiger charge is -2.31. The van der Waals surface area contributed by atoms with Crippen molar-refractivity contribution in [3.05, 3.63) is 24.8 Å². The fourth-order valence-electron chi connectivity index (χ4n) is 10.5. The largest absolute Gasteiger partial charge is 0.465 e. The molecule has 0 aromatic heterocycles. The molecule has 8 heteroatoms. The van der Waals surface area contributed by atoms with Crippen molar-refractivity contribution < 1.29 is 38.1 Å². The molecule has 0 heterocycles. The molecule has 0 aromatic carbocycles. The predicted molar refractivity (Wildman–Crippen MR) is 152 cm³/mol. The third kappa shape index (κ3) is 5.92. The molecular weight excluding hydrogens is 536 g/mol. The van der Waals surface area contributed by atoms with Gasteiger partial charge in [0.2, 0.25) is 0 Å². The zero-order valence-electron chi connectivity index (χ0n) is 24.9. The molecule has 6 aliphatic carbocycles. The Morgan fingerprint density at radius 3 is 1.62 bits per heavy atom. The van der Waals surface area contributed by atoms with E-state index in [1.54, 1.807) is 6.92 Å². The molecule has 0 radical (unpaired) electrons. The van der Waals surface area contributed by atoms with E-state index in [4.69, 9.17) is 18.9 Å². The molecule has 8 nitrogen and oxygen atoms in total. The highest BCUT2D eigenvalue weighted by Crippen LogP contribution is 2.63. The van der Waals surface area contributed by atoms with Crippen LogP contribution in [0.2, 0.25) is 0 Å². The van der Waals surface area contributed by atoms with E-state index in [1.807, 2.05) is 0 Å². The van der Waals surface area contributed by atoms with E-state index < -0.39 is 11.9 Å². The molecular formula is C34H46O8. The highest BCUT2D eigenvalue weighted by atomic mass is 16.6. The van der Waals surface area contributed by atoms with Crippen molar-refractivity contribution in [3.8, 4) is 0 Å². The second-order valence-corrected chi connectivity index (χ2v) is 14.4. The van der Waals surface area contributed by atoms with Crippen molar-refractivity contribution in [2.75, 3.05) is 26.4 Å². The summed E-state index contributed by atoms with van der Waals surface area (Å²) >= 11 is 0. The maximum Gasteiger partial charge on any atom is 0.333 e. The average molecular weight is 583 g/mol. The summed E-state index contributed by atoms with van der Waals surface area (Å²) in [5, 5.41) is 0. The number of hydrogen-bond donors (Lipinski definition) is 0. The van der Waals surface area contributed by atoms with E-state index in [-0.39, 0.29) is 18.4 Å². The lowest BCUT2D eigenvalue weighted by Crippen LogP contribution is -2.28. The minimum atomic E-state index is -0.495. The molecule has 0 aromatic rings. The maximum absolute atomic E-state index is 12.5. The molecule has 8 unspecified atom stereocenters. The van der Waals surface area contributed by atoms with Crippen LogP contribution < -0.4 is 0 Å². The van der Waals surface area contributed by atoms with E-state index in [0.717, 1.165) is 38.5 Å². The van der Waals surface area contributed by atoms with Gasteiger partial charge in [0, 0.05) is 11.6 Å². The molecule has 6 aliphatic rings. The van der Waals surface area contributed by atoms with Crippen molar-refractivity contribution in [1.82, 2.24) is 0 Å².